The van der Waals surface area contributed by atoms with Crippen LogP contribution in [0.15, 0.2) is 40.0 Å². The summed E-state index contributed by atoms with van der Waals surface area (Å²) in [5.74, 6) is 0.578. The molecule has 0 spiro atoms. The predicted octanol–water partition coefficient (Wildman–Crippen LogP) is 3.52. The minimum Gasteiger partial charge on any atom is -0.382 e. The van der Waals surface area contributed by atoms with E-state index in [0.717, 1.165) is 44.1 Å². The number of amides is 1. The molecule has 0 N–H and O–H groups in total. The van der Waals surface area contributed by atoms with Gasteiger partial charge in [-0.15, -0.1) is 0 Å². The van der Waals surface area contributed by atoms with E-state index in [9.17, 15) is 14.9 Å². The van der Waals surface area contributed by atoms with Crippen LogP contribution in [-0.2, 0) is 23.1 Å². The van der Waals surface area contributed by atoms with Gasteiger partial charge in [-0.25, -0.2) is 0 Å². The number of carbonyl (C=O) groups is 1. The molecule has 0 saturated carbocycles. The Labute approximate surface area is 233 Å². The number of anilines is 1. The van der Waals surface area contributed by atoms with Crippen molar-refractivity contribution in [3.05, 3.63) is 67.8 Å². The van der Waals surface area contributed by atoms with Crippen LogP contribution in [0.25, 0.3) is 6.08 Å². The standard InChI is InChI=1S/C28H33N5O3S2/c1-4-36-16-8-11-33-27(35)24(38-28(33)37)17-22-20(2)23(18-29)26(34)30(3)25(22)32-14-12-31(13-15-32)19-21-9-6-5-7-10-21/h5-7,9-10,17H,4,8,11-16,19H2,1-3H3. The van der Waals surface area contributed by atoms with E-state index >= 15 is 0 Å². The van der Waals surface area contributed by atoms with Crippen molar-refractivity contribution in [2.45, 2.75) is 26.8 Å². The van der Waals surface area contributed by atoms with Crippen LogP contribution in [0, 0.1) is 18.3 Å². The minimum absolute atomic E-state index is 0.0948. The Morgan fingerprint density at radius 2 is 1.87 bits per heavy atom. The van der Waals surface area contributed by atoms with Gasteiger partial charge >= 0.3 is 0 Å². The first kappa shape index (κ1) is 28.0. The van der Waals surface area contributed by atoms with Crippen molar-refractivity contribution in [3.8, 4) is 6.07 Å². The van der Waals surface area contributed by atoms with Crippen LogP contribution in [0.5, 0.6) is 0 Å². The van der Waals surface area contributed by atoms with E-state index in [1.54, 1.807) is 23.4 Å². The summed E-state index contributed by atoms with van der Waals surface area (Å²) in [6.45, 7) is 9.42. The Morgan fingerprint density at radius 1 is 1.16 bits per heavy atom. The average molecular weight is 552 g/mol. The number of hydrogen-bond donors (Lipinski definition) is 0. The van der Waals surface area contributed by atoms with Gasteiger partial charge in [0.15, 0.2) is 0 Å². The smallest absolute Gasteiger partial charge is 0.270 e. The summed E-state index contributed by atoms with van der Waals surface area (Å²) in [5.41, 5.74) is 2.34. The first-order chi connectivity index (χ1) is 18.3. The second-order valence-electron chi connectivity index (χ2n) is 9.35. The van der Waals surface area contributed by atoms with Crippen LogP contribution in [0.3, 0.4) is 0 Å². The molecule has 1 aromatic heterocycles. The third-order valence-corrected chi connectivity index (χ3v) is 8.29. The Hall–Kier alpha value is -2.97. The van der Waals surface area contributed by atoms with E-state index < -0.39 is 0 Å². The number of aromatic nitrogens is 1. The van der Waals surface area contributed by atoms with Crippen LogP contribution in [0.1, 0.15) is 35.6 Å². The molecule has 3 heterocycles. The van der Waals surface area contributed by atoms with Crippen LogP contribution in [0.4, 0.5) is 5.82 Å². The van der Waals surface area contributed by atoms with Crippen molar-refractivity contribution < 1.29 is 9.53 Å². The van der Waals surface area contributed by atoms with Gasteiger partial charge in [0, 0.05) is 65.1 Å². The number of rotatable bonds is 9. The molecule has 38 heavy (non-hydrogen) atoms. The molecule has 1 amide bonds. The summed E-state index contributed by atoms with van der Waals surface area (Å²) in [4.78, 5) is 33.0. The molecule has 2 saturated heterocycles. The fraction of sp³-hybridized carbons (Fsp3) is 0.429. The maximum absolute atomic E-state index is 13.3. The number of nitrogens with zero attached hydrogens (tertiary/aromatic N) is 5. The summed E-state index contributed by atoms with van der Waals surface area (Å²) in [6, 6.07) is 12.5. The van der Waals surface area contributed by atoms with Crippen molar-refractivity contribution in [1.29, 1.82) is 5.26 Å². The maximum atomic E-state index is 13.3. The molecule has 4 rings (SSSR count). The van der Waals surface area contributed by atoms with Gasteiger partial charge < -0.3 is 9.64 Å². The van der Waals surface area contributed by atoms with Gasteiger partial charge in [-0.3, -0.25) is 24.0 Å². The minimum atomic E-state index is -0.327. The predicted molar refractivity (Wildman–Crippen MR) is 156 cm³/mol. The lowest BCUT2D eigenvalue weighted by Gasteiger charge is -2.37. The molecule has 200 valence electrons. The molecule has 0 bridgehead atoms. The molecule has 0 aliphatic carbocycles. The van der Waals surface area contributed by atoms with E-state index in [-0.39, 0.29) is 17.0 Å². The normalized spacial score (nSPS) is 17.5. The number of benzene rings is 1. The number of ether oxygens (including phenoxy) is 1. The zero-order valence-electron chi connectivity index (χ0n) is 22.1. The molecule has 1 aromatic carbocycles. The average Bonchev–Trinajstić information content (AvgIpc) is 3.18. The Bertz CT molecular complexity index is 1320. The molecular weight excluding hydrogens is 518 g/mol. The molecule has 10 heteroatoms. The van der Waals surface area contributed by atoms with Crippen molar-refractivity contribution in [2.75, 3.05) is 50.8 Å². The number of nitriles is 1. The van der Waals surface area contributed by atoms with Gasteiger partial charge in [0.2, 0.25) is 0 Å². The third kappa shape index (κ3) is 6.02. The second-order valence-corrected chi connectivity index (χ2v) is 11.0. The van der Waals surface area contributed by atoms with Crippen molar-refractivity contribution in [1.82, 2.24) is 14.4 Å². The molecule has 2 aliphatic heterocycles. The van der Waals surface area contributed by atoms with E-state index in [1.807, 2.05) is 19.1 Å². The molecule has 2 fully saturated rings. The van der Waals surface area contributed by atoms with Gasteiger partial charge in [-0.2, -0.15) is 5.26 Å². The molecule has 0 radical (unpaired) electrons. The van der Waals surface area contributed by atoms with Gasteiger partial charge in [0.25, 0.3) is 11.5 Å². The quantitative estimate of drug-likeness (QED) is 0.266. The third-order valence-electron chi connectivity index (χ3n) is 6.91. The van der Waals surface area contributed by atoms with Crippen molar-refractivity contribution in [2.24, 2.45) is 7.05 Å². The van der Waals surface area contributed by atoms with Crippen molar-refractivity contribution >= 4 is 46.1 Å². The number of thioether (sulfide) groups is 1. The molecular formula is C28H33N5O3S2. The van der Waals surface area contributed by atoms with Crippen LogP contribution in [0.2, 0.25) is 0 Å². The first-order valence-electron chi connectivity index (χ1n) is 12.8. The Morgan fingerprint density at radius 3 is 2.53 bits per heavy atom. The van der Waals surface area contributed by atoms with E-state index in [2.05, 4.69) is 40.1 Å². The monoisotopic (exact) mass is 551 g/mol. The fourth-order valence-corrected chi connectivity index (χ4v) is 6.14. The fourth-order valence-electron chi connectivity index (χ4n) is 4.85. The second kappa shape index (κ2) is 12.7. The van der Waals surface area contributed by atoms with Gasteiger partial charge in [0.1, 0.15) is 21.8 Å². The lowest BCUT2D eigenvalue weighted by Crippen LogP contribution is -2.48. The topological polar surface area (TPSA) is 81.8 Å². The van der Waals surface area contributed by atoms with E-state index in [1.165, 1.54) is 17.3 Å². The number of hydrogen-bond acceptors (Lipinski definition) is 8. The van der Waals surface area contributed by atoms with Crippen LogP contribution < -0.4 is 10.5 Å². The Kier molecular flexibility index (Phi) is 9.39. The number of carbonyl (C=O) groups excluding carboxylic acids is 1. The summed E-state index contributed by atoms with van der Waals surface area (Å²) in [6.07, 6.45) is 2.51. The molecule has 8 nitrogen and oxygen atoms in total. The zero-order valence-corrected chi connectivity index (χ0v) is 23.7. The van der Waals surface area contributed by atoms with Crippen LogP contribution in [-0.4, -0.2) is 70.5 Å². The van der Waals surface area contributed by atoms with Crippen molar-refractivity contribution in [3.63, 3.8) is 0 Å². The van der Waals surface area contributed by atoms with Crippen LogP contribution >= 0.6 is 24.0 Å². The molecule has 0 unspecified atom stereocenters. The highest BCUT2D eigenvalue weighted by molar-refractivity contribution is 8.26. The summed E-state index contributed by atoms with van der Waals surface area (Å²) >= 11 is 6.77. The zero-order chi connectivity index (χ0) is 27.2. The number of pyridine rings is 1. The maximum Gasteiger partial charge on any atom is 0.270 e. The van der Waals surface area contributed by atoms with Gasteiger partial charge in [-0.1, -0.05) is 54.3 Å². The number of thiocarbonyl (C=S) groups is 1. The van der Waals surface area contributed by atoms with E-state index in [0.29, 0.717) is 41.0 Å². The lowest BCUT2D eigenvalue weighted by atomic mass is 10.0. The summed E-state index contributed by atoms with van der Waals surface area (Å²) in [5, 5.41) is 9.74. The Balaban J connectivity index is 1.61. The highest BCUT2D eigenvalue weighted by atomic mass is 32.2. The highest BCUT2D eigenvalue weighted by Crippen LogP contribution is 2.36. The molecule has 2 aromatic rings. The summed E-state index contributed by atoms with van der Waals surface area (Å²) in [7, 11) is 1.70. The SMILES string of the molecule is CCOCCCN1C(=O)C(=Cc2c(C)c(C#N)c(=O)n(C)c2N2CCN(Cc3ccccc3)CC2)SC1=S. The van der Waals surface area contributed by atoms with E-state index in [4.69, 9.17) is 17.0 Å². The highest BCUT2D eigenvalue weighted by Gasteiger charge is 2.33. The first-order valence-corrected chi connectivity index (χ1v) is 14.1. The summed E-state index contributed by atoms with van der Waals surface area (Å²) < 4.78 is 7.46. The number of piperazine rings is 1. The van der Waals surface area contributed by atoms with Gasteiger partial charge in [-0.05, 0) is 37.5 Å². The molecule has 2 aliphatic rings. The molecule has 0 atom stereocenters. The van der Waals surface area contributed by atoms with Gasteiger partial charge in [0.05, 0.1) is 4.91 Å². The lowest BCUT2D eigenvalue weighted by molar-refractivity contribution is -0.122. The largest absolute Gasteiger partial charge is 0.382 e.